The lowest BCUT2D eigenvalue weighted by Crippen LogP contribution is -2.37. The van der Waals surface area contributed by atoms with Gasteiger partial charge in [0.2, 0.25) is 0 Å². The molecule has 2 aromatic rings. The van der Waals surface area contributed by atoms with Crippen LogP contribution in [0.15, 0.2) is 29.2 Å². The van der Waals surface area contributed by atoms with Crippen molar-refractivity contribution in [1.82, 2.24) is 9.55 Å². The molecular weight excluding hydrogens is 400 g/mol. The van der Waals surface area contributed by atoms with Crippen LogP contribution in [-0.4, -0.2) is 64.1 Å². The van der Waals surface area contributed by atoms with Crippen molar-refractivity contribution in [3.8, 4) is 17.2 Å². The van der Waals surface area contributed by atoms with Crippen molar-refractivity contribution < 1.29 is 24.4 Å². The summed E-state index contributed by atoms with van der Waals surface area (Å²) in [6, 6.07) is 5.31. The second-order valence-electron chi connectivity index (χ2n) is 6.58. The number of nitrogens with zero attached hydrogens (tertiary/aromatic N) is 2. The van der Waals surface area contributed by atoms with E-state index in [-0.39, 0.29) is 17.7 Å². The number of aliphatic hydroxyl groups is 2. The maximum atomic E-state index is 12.7. The second kappa shape index (κ2) is 8.20. The van der Waals surface area contributed by atoms with Gasteiger partial charge in [-0.2, -0.15) is 4.98 Å². The van der Waals surface area contributed by atoms with Crippen LogP contribution in [0, 0.1) is 0 Å². The Morgan fingerprint density at radius 1 is 1.41 bits per heavy atom. The van der Waals surface area contributed by atoms with Crippen LogP contribution in [0.3, 0.4) is 0 Å². The van der Waals surface area contributed by atoms with Gasteiger partial charge in [0.25, 0.3) is 0 Å². The van der Waals surface area contributed by atoms with Gasteiger partial charge in [0, 0.05) is 13.7 Å². The number of anilines is 2. The number of hydrogen-bond donors (Lipinski definition) is 4. The smallest absolute Gasteiger partial charge is 0.350 e. The molecule has 0 radical (unpaired) electrons. The molecule has 156 valence electrons. The molecule has 0 spiro atoms. The number of ether oxygens (including phenoxy) is 3. The second-order valence-corrected chi connectivity index (χ2v) is 7.94. The standard InChI is InChI=1S/C18H22N4O6S/c1-26-15-12(8-23)29-17(14(15)24)22-7-11-16(21-18(22)25)20-13-9(27-6-5-19)3-2-4-10(13)28-11/h2-4,7,12,14-15,17,23-24H,5-6,8,19H2,1H3,(H,20,21,25)/t12-,14?,15?,17-/m1/s1. The number of nitrogens with one attached hydrogen (secondary N) is 1. The highest BCUT2D eigenvalue weighted by Crippen LogP contribution is 2.47. The number of nitrogens with two attached hydrogens (primary N) is 1. The van der Waals surface area contributed by atoms with E-state index >= 15 is 0 Å². The molecule has 2 unspecified atom stereocenters. The van der Waals surface area contributed by atoms with E-state index < -0.39 is 23.3 Å². The zero-order valence-corrected chi connectivity index (χ0v) is 16.5. The molecule has 1 fully saturated rings. The first kappa shape index (κ1) is 20.0. The first-order chi connectivity index (χ1) is 14.1. The molecule has 3 heterocycles. The minimum atomic E-state index is -0.986. The Kier molecular flexibility index (Phi) is 5.65. The summed E-state index contributed by atoms with van der Waals surface area (Å²) in [6.45, 7) is 0.521. The largest absolute Gasteiger partial charge is 0.490 e. The lowest BCUT2D eigenvalue weighted by Gasteiger charge is -2.25. The summed E-state index contributed by atoms with van der Waals surface area (Å²) in [7, 11) is 1.46. The molecule has 1 aromatic heterocycles. The van der Waals surface area contributed by atoms with Gasteiger partial charge in [-0.3, -0.25) is 4.57 Å². The summed E-state index contributed by atoms with van der Waals surface area (Å²) in [5.41, 5.74) is 5.50. The quantitative estimate of drug-likeness (QED) is 0.441. The summed E-state index contributed by atoms with van der Waals surface area (Å²) in [5.74, 6) is 1.64. The van der Waals surface area contributed by atoms with E-state index in [4.69, 9.17) is 19.9 Å². The normalized spacial score (nSPS) is 25.0. The Morgan fingerprint density at radius 2 is 2.24 bits per heavy atom. The van der Waals surface area contributed by atoms with Crippen LogP contribution in [0.2, 0.25) is 0 Å². The summed E-state index contributed by atoms with van der Waals surface area (Å²) < 4.78 is 18.1. The minimum absolute atomic E-state index is 0.180. The fraction of sp³-hybridized carbons (Fsp3) is 0.444. The molecule has 4 atom stereocenters. The molecule has 2 aliphatic heterocycles. The SMILES string of the molecule is COC1C(O)[C@H](n2cc3c(nc2=O)Nc2c(OCCN)cccc2O3)S[C@@H]1CO. The molecule has 0 aliphatic carbocycles. The van der Waals surface area contributed by atoms with Crippen molar-refractivity contribution in [2.24, 2.45) is 5.73 Å². The van der Waals surface area contributed by atoms with Gasteiger partial charge in [-0.1, -0.05) is 6.07 Å². The van der Waals surface area contributed by atoms with Crippen LogP contribution in [0.5, 0.6) is 17.2 Å². The van der Waals surface area contributed by atoms with Gasteiger partial charge in [0.1, 0.15) is 29.5 Å². The van der Waals surface area contributed by atoms with Crippen LogP contribution in [0.4, 0.5) is 11.5 Å². The van der Waals surface area contributed by atoms with Gasteiger partial charge in [-0.25, -0.2) is 4.79 Å². The zero-order chi connectivity index (χ0) is 20.5. The number of benzene rings is 1. The molecule has 11 heteroatoms. The van der Waals surface area contributed by atoms with Gasteiger partial charge in [-0.05, 0) is 12.1 Å². The number of para-hydroxylation sites is 1. The highest BCUT2D eigenvalue weighted by atomic mass is 32.2. The van der Waals surface area contributed by atoms with Crippen molar-refractivity contribution >= 4 is 23.3 Å². The first-order valence-electron chi connectivity index (χ1n) is 9.08. The average molecular weight is 422 g/mol. The van der Waals surface area contributed by atoms with Gasteiger partial charge >= 0.3 is 5.69 Å². The van der Waals surface area contributed by atoms with Crippen LogP contribution < -0.4 is 26.2 Å². The van der Waals surface area contributed by atoms with Crippen LogP contribution >= 0.6 is 11.8 Å². The number of methoxy groups -OCH3 is 1. The first-order valence-corrected chi connectivity index (χ1v) is 10.0. The van der Waals surface area contributed by atoms with Gasteiger partial charge in [0.05, 0.1) is 24.2 Å². The summed E-state index contributed by atoms with van der Waals surface area (Å²) in [4.78, 5) is 16.7. The maximum absolute atomic E-state index is 12.7. The van der Waals surface area contributed by atoms with E-state index in [2.05, 4.69) is 10.3 Å². The number of rotatable bonds is 6. The predicted octanol–water partition coefficient (Wildman–Crippen LogP) is 0.412. The molecule has 1 aromatic carbocycles. The number of aliphatic hydroxyl groups excluding tert-OH is 2. The number of fused-ring (bicyclic) bond motifs is 2. The number of aromatic nitrogens is 2. The monoisotopic (exact) mass is 422 g/mol. The average Bonchev–Trinajstić information content (AvgIpc) is 3.05. The third-order valence-electron chi connectivity index (χ3n) is 4.78. The van der Waals surface area contributed by atoms with Crippen molar-refractivity contribution in [3.63, 3.8) is 0 Å². The molecule has 0 amide bonds. The van der Waals surface area contributed by atoms with E-state index in [0.29, 0.717) is 36.1 Å². The fourth-order valence-electron chi connectivity index (χ4n) is 3.43. The maximum Gasteiger partial charge on any atom is 0.350 e. The lowest BCUT2D eigenvalue weighted by molar-refractivity contribution is -0.0184. The Bertz CT molecular complexity index is 954. The Morgan fingerprint density at radius 3 is 2.93 bits per heavy atom. The minimum Gasteiger partial charge on any atom is -0.490 e. The molecule has 5 N–H and O–H groups in total. The predicted molar refractivity (Wildman–Crippen MR) is 107 cm³/mol. The van der Waals surface area contributed by atoms with Crippen molar-refractivity contribution in [2.45, 2.75) is 22.8 Å². The molecule has 0 bridgehead atoms. The van der Waals surface area contributed by atoms with Crippen LogP contribution in [0.25, 0.3) is 0 Å². The van der Waals surface area contributed by atoms with E-state index in [9.17, 15) is 15.0 Å². The molecule has 29 heavy (non-hydrogen) atoms. The molecule has 4 rings (SSSR count). The summed E-state index contributed by atoms with van der Waals surface area (Å²) >= 11 is 1.26. The Labute approximate surface area is 170 Å². The van der Waals surface area contributed by atoms with Crippen molar-refractivity contribution in [3.05, 3.63) is 34.9 Å². The van der Waals surface area contributed by atoms with Gasteiger partial charge in [0.15, 0.2) is 17.3 Å². The third-order valence-corrected chi connectivity index (χ3v) is 6.33. The molecule has 2 aliphatic rings. The zero-order valence-electron chi connectivity index (χ0n) is 15.6. The van der Waals surface area contributed by atoms with Crippen LogP contribution in [-0.2, 0) is 4.74 Å². The third kappa shape index (κ3) is 3.55. The topological polar surface area (TPSA) is 141 Å². The highest BCUT2D eigenvalue weighted by molar-refractivity contribution is 8.00. The van der Waals surface area contributed by atoms with E-state index in [1.807, 2.05) is 0 Å². The molecule has 1 saturated heterocycles. The summed E-state index contributed by atoms with van der Waals surface area (Å²) in [5, 5.41) is 22.2. The van der Waals surface area contributed by atoms with E-state index in [0.717, 1.165) is 0 Å². The summed E-state index contributed by atoms with van der Waals surface area (Å²) in [6.07, 6.45) is -0.0822. The highest BCUT2D eigenvalue weighted by Gasteiger charge is 2.45. The van der Waals surface area contributed by atoms with Gasteiger partial charge < -0.3 is 35.5 Å². The molecule has 0 saturated carbocycles. The number of thioether (sulfide) groups is 1. The van der Waals surface area contributed by atoms with E-state index in [1.165, 1.54) is 29.6 Å². The lowest BCUT2D eigenvalue weighted by atomic mass is 10.1. The number of hydrogen-bond acceptors (Lipinski definition) is 10. The van der Waals surface area contributed by atoms with Crippen molar-refractivity contribution in [1.29, 1.82) is 0 Å². The van der Waals surface area contributed by atoms with Crippen molar-refractivity contribution in [2.75, 3.05) is 32.2 Å². The Hall–Kier alpha value is -2.31. The van der Waals surface area contributed by atoms with Gasteiger partial charge in [-0.15, -0.1) is 11.8 Å². The molecule has 10 nitrogen and oxygen atoms in total. The molecular formula is C18H22N4O6S. The van der Waals surface area contributed by atoms with E-state index in [1.54, 1.807) is 18.2 Å². The Balaban J connectivity index is 1.66. The van der Waals surface area contributed by atoms with Crippen LogP contribution in [0.1, 0.15) is 5.37 Å². The fourth-order valence-corrected chi connectivity index (χ4v) is 4.90.